The Morgan fingerprint density at radius 2 is 1.93 bits per heavy atom. The van der Waals surface area contributed by atoms with Gasteiger partial charge in [0.25, 0.3) is 0 Å². The summed E-state index contributed by atoms with van der Waals surface area (Å²) in [6.45, 7) is 3.17. The highest BCUT2D eigenvalue weighted by Gasteiger charge is 2.30. The number of nitrogens with one attached hydrogen (secondary N) is 2. The number of aromatic nitrogens is 1. The van der Waals surface area contributed by atoms with Crippen molar-refractivity contribution in [2.75, 3.05) is 25.0 Å². The van der Waals surface area contributed by atoms with Crippen molar-refractivity contribution in [3.8, 4) is 5.75 Å². The molecule has 0 radical (unpaired) electrons. The number of carbonyl (C=O) groups excluding carboxylic acids is 1. The van der Waals surface area contributed by atoms with E-state index in [0.717, 1.165) is 29.3 Å². The van der Waals surface area contributed by atoms with Gasteiger partial charge >= 0.3 is 0 Å². The molecule has 1 aromatic heterocycles. The Morgan fingerprint density at radius 1 is 1.17 bits per heavy atom. The molecule has 0 bridgehead atoms. The van der Waals surface area contributed by atoms with E-state index in [2.05, 4.69) is 10.3 Å². The molecule has 1 fully saturated rings. The molecule has 4 rings (SSSR count). The zero-order chi connectivity index (χ0) is 21.1. The van der Waals surface area contributed by atoms with Crippen molar-refractivity contribution >= 4 is 32.5 Å². The maximum Gasteiger partial charge on any atom is 0.246 e. The van der Waals surface area contributed by atoms with E-state index in [1.807, 2.05) is 37.4 Å². The minimum atomic E-state index is -3.68. The maximum atomic E-state index is 13.1. The van der Waals surface area contributed by atoms with Crippen LogP contribution in [0.25, 0.3) is 10.9 Å². The van der Waals surface area contributed by atoms with Gasteiger partial charge in [0.15, 0.2) is 0 Å². The van der Waals surface area contributed by atoms with Crippen LogP contribution >= 0.6 is 0 Å². The number of amides is 1. The molecule has 2 N–H and O–H groups in total. The van der Waals surface area contributed by atoms with Gasteiger partial charge < -0.3 is 15.0 Å². The summed E-state index contributed by atoms with van der Waals surface area (Å²) in [6.07, 6.45) is 3.71. The average Bonchev–Trinajstić information content (AvgIpc) is 3.40. The number of hydrogen-bond donors (Lipinski definition) is 2. The smallest absolute Gasteiger partial charge is 0.246 e. The lowest BCUT2D eigenvalue weighted by molar-refractivity contribution is -0.115. The summed E-state index contributed by atoms with van der Waals surface area (Å²) in [7, 11) is -3.68. The van der Waals surface area contributed by atoms with Crippen molar-refractivity contribution in [3.05, 3.63) is 54.2 Å². The number of nitrogens with zero attached hydrogens (tertiary/aromatic N) is 1. The van der Waals surface area contributed by atoms with Gasteiger partial charge in [-0.25, -0.2) is 8.42 Å². The number of carbonyl (C=O) groups is 1. The van der Waals surface area contributed by atoms with Crippen molar-refractivity contribution in [3.63, 3.8) is 0 Å². The summed E-state index contributed by atoms with van der Waals surface area (Å²) >= 11 is 0. The molecule has 0 atom stereocenters. The Labute approximate surface area is 176 Å². The zero-order valence-electron chi connectivity index (χ0n) is 16.8. The van der Waals surface area contributed by atoms with Gasteiger partial charge in [0.1, 0.15) is 10.6 Å². The molecule has 1 saturated heterocycles. The number of sulfonamides is 1. The minimum Gasteiger partial charge on any atom is -0.492 e. The highest BCUT2D eigenvalue weighted by Crippen LogP contribution is 2.31. The Balaban J connectivity index is 1.57. The molecule has 7 nitrogen and oxygen atoms in total. The molecule has 0 unspecified atom stereocenters. The van der Waals surface area contributed by atoms with Gasteiger partial charge in [-0.05, 0) is 49.6 Å². The molecule has 2 aromatic carbocycles. The summed E-state index contributed by atoms with van der Waals surface area (Å²) in [5, 5.41) is 3.82. The summed E-state index contributed by atoms with van der Waals surface area (Å²) in [6, 6.07) is 12.6. The Kier molecular flexibility index (Phi) is 5.78. The van der Waals surface area contributed by atoms with Gasteiger partial charge in [-0.1, -0.05) is 18.2 Å². The van der Waals surface area contributed by atoms with Crippen LogP contribution in [0, 0.1) is 0 Å². The molecule has 1 aliphatic rings. The third-order valence-electron chi connectivity index (χ3n) is 5.24. The standard InChI is InChI=1S/C22H25N3O4S/c1-2-29-20-10-9-17(14-21(20)30(27,28)25-11-5-6-12-25)24-22(26)13-16-15-23-19-8-4-3-7-18(16)19/h3-4,7-10,14-15,23H,2,5-6,11-13H2,1H3,(H,24,26). The number of ether oxygens (including phenoxy) is 1. The number of para-hydroxylation sites is 1. The molecule has 0 saturated carbocycles. The predicted molar refractivity (Wildman–Crippen MR) is 116 cm³/mol. The zero-order valence-corrected chi connectivity index (χ0v) is 17.7. The summed E-state index contributed by atoms with van der Waals surface area (Å²) < 4.78 is 33.2. The maximum absolute atomic E-state index is 13.1. The topological polar surface area (TPSA) is 91.5 Å². The van der Waals surface area contributed by atoms with E-state index in [1.165, 1.54) is 10.4 Å². The van der Waals surface area contributed by atoms with Crippen molar-refractivity contribution in [2.45, 2.75) is 31.1 Å². The molecule has 0 spiro atoms. The second-order valence-electron chi connectivity index (χ2n) is 7.29. The molecular formula is C22H25N3O4S. The largest absolute Gasteiger partial charge is 0.492 e. The van der Waals surface area contributed by atoms with Gasteiger partial charge in [-0.15, -0.1) is 0 Å². The van der Waals surface area contributed by atoms with Crippen LogP contribution in [0.5, 0.6) is 5.75 Å². The molecule has 3 aromatic rings. The first-order chi connectivity index (χ1) is 14.5. The first-order valence-corrected chi connectivity index (χ1v) is 11.5. The van der Waals surface area contributed by atoms with E-state index in [-0.39, 0.29) is 17.2 Å². The second-order valence-corrected chi connectivity index (χ2v) is 9.20. The number of rotatable bonds is 7. The Morgan fingerprint density at radius 3 is 2.70 bits per heavy atom. The normalized spacial score (nSPS) is 14.8. The number of benzene rings is 2. The lowest BCUT2D eigenvalue weighted by atomic mass is 10.1. The van der Waals surface area contributed by atoms with Crippen molar-refractivity contribution < 1.29 is 17.9 Å². The van der Waals surface area contributed by atoms with Crippen LogP contribution in [0.1, 0.15) is 25.3 Å². The Hall–Kier alpha value is -2.84. The van der Waals surface area contributed by atoms with E-state index < -0.39 is 10.0 Å². The fraction of sp³-hybridized carbons (Fsp3) is 0.318. The van der Waals surface area contributed by atoms with Crippen LogP contribution in [0.3, 0.4) is 0 Å². The van der Waals surface area contributed by atoms with Crippen molar-refractivity contribution in [2.24, 2.45) is 0 Å². The van der Waals surface area contributed by atoms with Crippen LogP contribution in [0.15, 0.2) is 53.6 Å². The van der Waals surface area contributed by atoms with Crippen LogP contribution in [-0.2, 0) is 21.2 Å². The average molecular weight is 428 g/mol. The molecular weight excluding hydrogens is 402 g/mol. The molecule has 158 valence electrons. The SMILES string of the molecule is CCOc1ccc(NC(=O)Cc2c[nH]c3ccccc23)cc1S(=O)(=O)N1CCCC1. The summed E-state index contributed by atoms with van der Waals surface area (Å²) in [5.74, 6) is 0.0902. The molecule has 30 heavy (non-hydrogen) atoms. The van der Waals surface area contributed by atoms with Gasteiger partial charge in [-0.2, -0.15) is 4.31 Å². The van der Waals surface area contributed by atoms with E-state index in [9.17, 15) is 13.2 Å². The predicted octanol–water partition coefficient (Wildman–Crippen LogP) is 3.53. The molecule has 8 heteroatoms. The number of aromatic amines is 1. The van der Waals surface area contributed by atoms with E-state index in [1.54, 1.807) is 12.1 Å². The van der Waals surface area contributed by atoms with E-state index in [4.69, 9.17) is 4.74 Å². The number of fused-ring (bicyclic) bond motifs is 1. The quantitative estimate of drug-likeness (QED) is 0.603. The first-order valence-electron chi connectivity index (χ1n) is 10.1. The van der Waals surface area contributed by atoms with Gasteiger partial charge in [-0.3, -0.25) is 4.79 Å². The van der Waals surface area contributed by atoms with E-state index in [0.29, 0.717) is 31.1 Å². The monoisotopic (exact) mass is 427 g/mol. The van der Waals surface area contributed by atoms with Gasteiger partial charge in [0, 0.05) is 35.9 Å². The third-order valence-corrected chi connectivity index (χ3v) is 7.16. The number of anilines is 1. The first kappa shape index (κ1) is 20.4. The van der Waals surface area contributed by atoms with Gasteiger partial charge in [0.05, 0.1) is 13.0 Å². The highest BCUT2D eigenvalue weighted by molar-refractivity contribution is 7.89. The summed E-state index contributed by atoms with van der Waals surface area (Å²) in [4.78, 5) is 15.9. The number of hydrogen-bond acceptors (Lipinski definition) is 4. The second kappa shape index (κ2) is 8.49. The van der Waals surface area contributed by atoms with E-state index >= 15 is 0 Å². The van der Waals surface area contributed by atoms with Crippen LogP contribution in [0.2, 0.25) is 0 Å². The number of H-pyrrole nitrogens is 1. The lowest BCUT2D eigenvalue weighted by Crippen LogP contribution is -2.28. The molecule has 0 aliphatic carbocycles. The van der Waals surface area contributed by atoms with Crippen molar-refractivity contribution in [1.82, 2.24) is 9.29 Å². The molecule has 1 amide bonds. The highest BCUT2D eigenvalue weighted by atomic mass is 32.2. The molecule has 2 heterocycles. The fourth-order valence-electron chi connectivity index (χ4n) is 3.79. The molecule has 1 aliphatic heterocycles. The minimum absolute atomic E-state index is 0.0937. The van der Waals surface area contributed by atoms with Crippen LogP contribution in [0.4, 0.5) is 5.69 Å². The fourth-order valence-corrected chi connectivity index (χ4v) is 5.46. The summed E-state index contributed by atoms with van der Waals surface area (Å²) in [5.41, 5.74) is 2.29. The third kappa shape index (κ3) is 4.06. The Bertz CT molecular complexity index is 1160. The van der Waals surface area contributed by atoms with Gasteiger partial charge in [0.2, 0.25) is 15.9 Å². The van der Waals surface area contributed by atoms with Crippen LogP contribution in [-0.4, -0.2) is 43.3 Å². The lowest BCUT2D eigenvalue weighted by Gasteiger charge is -2.19. The van der Waals surface area contributed by atoms with Crippen molar-refractivity contribution in [1.29, 1.82) is 0 Å². The van der Waals surface area contributed by atoms with Crippen LogP contribution < -0.4 is 10.1 Å².